The maximum atomic E-state index is 12.8. The van der Waals surface area contributed by atoms with Crippen molar-refractivity contribution in [2.45, 2.75) is 19.8 Å². The van der Waals surface area contributed by atoms with Crippen molar-refractivity contribution >= 4 is 11.7 Å². The highest BCUT2D eigenvalue weighted by Crippen LogP contribution is 2.06. The second kappa shape index (κ2) is 7.33. The normalized spacial score (nSPS) is 11.2. The third-order valence-corrected chi connectivity index (χ3v) is 3.01. The Hall–Kier alpha value is -2.49. The molecule has 0 spiro atoms. The Balaban J connectivity index is 1.85. The molecule has 0 heterocycles. The standard InChI is InChI=1S/C17H16FNO2/c1-13(15-8-10-16(18)11-9-15)19-21-17(20)12-7-14-5-3-2-4-6-14/h2-6,8-11H,7,12H2,1H3/b19-13+. The van der Waals surface area contributed by atoms with E-state index in [4.69, 9.17) is 4.84 Å². The highest BCUT2D eigenvalue weighted by Gasteiger charge is 2.05. The van der Waals surface area contributed by atoms with Crippen molar-refractivity contribution in [3.8, 4) is 0 Å². The van der Waals surface area contributed by atoms with Crippen LogP contribution in [0, 0.1) is 5.82 Å². The van der Waals surface area contributed by atoms with Crippen LogP contribution in [-0.2, 0) is 16.1 Å². The molecule has 0 aliphatic rings. The number of carbonyl (C=O) groups excluding carboxylic acids is 1. The first-order valence-electron chi connectivity index (χ1n) is 6.69. The molecule has 0 N–H and O–H groups in total. The van der Waals surface area contributed by atoms with E-state index in [1.807, 2.05) is 30.3 Å². The van der Waals surface area contributed by atoms with Gasteiger partial charge in [0.1, 0.15) is 5.82 Å². The Kier molecular flexibility index (Phi) is 5.21. The molecule has 0 aromatic heterocycles. The van der Waals surface area contributed by atoms with Crippen LogP contribution in [0.1, 0.15) is 24.5 Å². The number of halogens is 1. The minimum absolute atomic E-state index is 0.268. The fourth-order valence-electron chi connectivity index (χ4n) is 1.80. The molecular formula is C17H16FNO2. The van der Waals surface area contributed by atoms with Gasteiger partial charge in [-0.1, -0.05) is 47.6 Å². The predicted molar refractivity (Wildman–Crippen MR) is 79.5 cm³/mol. The minimum atomic E-state index is -0.389. The second-order valence-electron chi connectivity index (χ2n) is 4.63. The van der Waals surface area contributed by atoms with Gasteiger partial charge >= 0.3 is 5.97 Å². The molecule has 0 atom stereocenters. The summed E-state index contributed by atoms with van der Waals surface area (Å²) >= 11 is 0. The molecule has 0 unspecified atom stereocenters. The second-order valence-corrected chi connectivity index (χ2v) is 4.63. The molecular weight excluding hydrogens is 269 g/mol. The lowest BCUT2D eigenvalue weighted by Gasteiger charge is -2.02. The van der Waals surface area contributed by atoms with Crippen LogP contribution in [-0.4, -0.2) is 11.7 Å². The smallest absolute Gasteiger partial charge is 0.318 e. The molecule has 0 saturated heterocycles. The fraction of sp³-hybridized carbons (Fsp3) is 0.176. The lowest BCUT2D eigenvalue weighted by atomic mass is 10.1. The number of hydrogen-bond donors (Lipinski definition) is 0. The molecule has 0 saturated carbocycles. The van der Waals surface area contributed by atoms with Crippen molar-refractivity contribution < 1.29 is 14.0 Å². The predicted octanol–water partition coefficient (Wildman–Crippen LogP) is 3.73. The third-order valence-electron chi connectivity index (χ3n) is 3.01. The molecule has 21 heavy (non-hydrogen) atoms. The number of rotatable bonds is 5. The number of carbonyl (C=O) groups is 1. The highest BCUT2D eigenvalue weighted by atomic mass is 19.1. The van der Waals surface area contributed by atoms with E-state index in [1.165, 1.54) is 12.1 Å². The van der Waals surface area contributed by atoms with E-state index in [2.05, 4.69) is 5.16 Å². The van der Waals surface area contributed by atoms with Gasteiger partial charge in [-0.15, -0.1) is 0 Å². The van der Waals surface area contributed by atoms with Gasteiger partial charge in [0.2, 0.25) is 0 Å². The summed E-state index contributed by atoms with van der Waals surface area (Å²) in [5.74, 6) is -0.702. The van der Waals surface area contributed by atoms with Gasteiger partial charge in [0.05, 0.1) is 12.1 Å². The van der Waals surface area contributed by atoms with E-state index in [1.54, 1.807) is 19.1 Å². The summed E-state index contributed by atoms with van der Waals surface area (Å²) in [4.78, 5) is 16.5. The summed E-state index contributed by atoms with van der Waals surface area (Å²) in [6, 6.07) is 15.6. The first kappa shape index (κ1) is 14.9. The first-order chi connectivity index (χ1) is 10.1. The summed E-state index contributed by atoms with van der Waals surface area (Å²) < 4.78 is 12.8. The van der Waals surface area contributed by atoms with E-state index in [0.29, 0.717) is 17.7 Å². The van der Waals surface area contributed by atoms with Gasteiger partial charge in [0.25, 0.3) is 0 Å². The molecule has 0 aliphatic heterocycles. The Bertz CT molecular complexity index is 621. The minimum Gasteiger partial charge on any atom is -0.318 e. The van der Waals surface area contributed by atoms with Crippen LogP contribution >= 0.6 is 0 Å². The number of benzene rings is 2. The van der Waals surface area contributed by atoms with Crippen LogP contribution in [0.3, 0.4) is 0 Å². The molecule has 0 aliphatic carbocycles. The zero-order chi connectivity index (χ0) is 15.1. The average Bonchev–Trinajstić information content (AvgIpc) is 2.52. The average molecular weight is 285 g/mol. The van der Waals surface area contributed by atoms with Gasteiger partial charge in [-0.25, -0.2) is 9.18 Å². The molecule has 0 radical (unpaired) electrons. The van der Waals surface area contributed by atoms with Crippen molar-refractivity contribution in [1.29, 1.82) is 0 Å². The number of hydrogen-bond acceptors (Lipinski definition) is 3. The largest absolute Gasteiger partial charge is 0.335 e. The Morgan fingerprint density at radius 3 is 2.43 bits per heavy atom. The maximum absolute atomic E-state index is 12.8. The van der Waals surface area contributed by atoms with Crippen molar-refractivity contribution in [2.75, 3.05) is 0 Å². The zero-order valence-electron chi connectivity index (χ0n) is 11.8. The highest BCUT2D eigenvalue weighted by molar-refractivity contribution is 5.98. The lowest BCUT2D eigenvalue weighted by Crippen LogP contribution is -2.04. The van der Waals surface area contributed by atoms with E-state index in [-0.39, 0.29) is 18.2 Å². The molecule has 3 nitrogen and oxygen atoms in total. The summed E-state index contributed by atoms with van der Waals surface area (Å²) in [5, 5.41) is 3.78. The summed E-state index contributed by atoms with van der Waals surface area (Å²) in [5.41, 5.74) is 2.32. The van der Waals surface area contributed by atoms with E-state index >= 15 is 0 Å². The van der Waals surface area contributed by atoms with Gasteiger partial charge in [-0.3, -0.25) is 0 Å². The van der Waals surface area contributed by atoms with Gasteiger partial charge in [-0.05, 0) is 36.6 Å². The van der Waals surface area contributed by atoms with Gasteiger partial charge < -0.3 is 4.84 Å². The molecule has 2 rings (SSSR count). The van der Waals surface area contributed by atoms with Crippen LogP contribution < -0.4 is 0 Å². The van der Waals surface area contributed by atoms with Crippen LogP contribution in [0.5, 0.6) is 0 Å². The van der Waals surface area contributed by atoms with E-state index in [0.717, 1.165) is 5.56 Å². The lowest BCUT2D eigenvalue weighted by molar-refractivity contribution is -0.143. The van der Waals surface area contributed by atoms with Gasteiger partial charge in [-0.2, -0.15) is 0 Å². The molecule has 108 valence electrons. The van der Waals surface area contributed by atoms with Crippen molar-refractivity contribution in [3.63, 3.8) is 0 Å². The first-order valence-corrected chi connectivity index (χ1v) is 6.69. The Labute approximate surface area is 123 Å². The third kappa shape index (κ3) is 4.84. The monoisotopic (exact) mass is 285 g/mol. The topological polar surface area (TPSA) is 38.7 Å². The quantitative estimate of drug-likeness (QED) is 0.477. The molecule has 2 aromatic carbocycles. The van der Waals surface area contributed by atoms with Crippen LogP contribution in [0.2, 0.25) is 0 Å². The number of nitrogens with zero attached hydrogens (tertiary/aromatic N) is 1. The van der Waals surface area contributed by atoms with Gasteiger partial charge in [0.15, 0.2) is 0 Å². The SMILES string of the molecule is C/C(=N\OC(=O)CCc1ccccc1)c1ccc(F)cc1. The van der Waals surface area contributed by atoms with Crippen molar-refractivity contribution in [1.82, 2.24) is 0 Å². The van der Waals surface area contributed by atoms with Gasteiger partial charge in [0, 0.05) is 0 Å². The van der Waals surface area contributed by atoms with E-state index < -0.39 is 0 Å². The molecule has 4 heteroatoms. The van der Waals surface area contributed by atoms with Crippen molar-refractivity contribution in [2.24, 2.45) is 5.16 Å². The summed E-state index contributed by atoms with van der Waals surface area (Å²) in [7, 11) is 0. The number of oxime groups is 1. The van der Waals surface area contributed by atoms with Crippen LogP contribution in [0.4, 0.5) is 4.39 Å². The van der Waals surface area contributed by atoms with E-state index in [9.17, 15) is 9.18 Å². The molecule has 0 amide bonds. The summed E-state index contributed by atoms with van der Waals surface area (Å²) in [6.45, 7) is 1.71. The van der Waals surface area contributed by atoms with Crippen LogP contribution in [0.25, 0.3) is 0 Å². The Morgan fingerprint density at radius 2 is 1.76 bits per heavy atom. The van der Waals surface area contributed by atoms with Crippen LogP contribution in [0.15, 0.2) is 59.8 Å². The fourth-order valence-corrected chi connectivity index (χ4v) is 1.80. The van der Waals surface area contributed by atoms with Crippen molar-refractivity contribution in [3.05, 3.63) is 71.5 Å². The maximum Gasteiger partial charge on any atom is 0.335 e. The zero-order valence-corrected chi connectivity index (χ0v) is 11.8. The molecule has 0 fully saturated rings. The molecule has 0 bridgehead atoms. The summed E-state index contributed by atoms with van der Waals surface area (Å²) in [6.07, 6.45) is 0.884. The number of aryl methyl sites for hydroxylation is 1. The Morgan fingerprint density at radius 1 is 1.10 bits per heavy atom. The molecule has 2 aromatic rings.